The van der Waals surface area contributed by atoms with Gasteiger partial charge in [-0.15, -0.1) is 0 Å². The van der Waals surface area contributed by atoms with Gasteiger partial charge >= 0.3 is 0 Å². The lowest BCUT2D eigenvalue weighted by Gasteiger charge is -2.29. The minimum absolute atomic E-state index is 0.437. The molecule has 2 atom stereocenters. The van der Waals surface area contributed by atoms with E-state index in [2.05, 4.69) is 37.4 Å². The third-order valence-corrected chi connectivity index (χ3v) is 3.55. The van der Waals surface area contributed by atoms with Gasteiger partial charge < -0.3 is 10.1 Å². The maximum atomic E-state index is 5.47. The third-order valence-electron chi connectivity index (χ3n) is 3.55. The van der Waals surface area contributed by atoms with Gasteiger partial charge in [0.15, 0.2) is 0 Å². The largest absolute Gasteiger partial charge is 0.382 e. The van der Waals surface area contributed by atoms with Crippen LogP contribution in [0.25, 0.3) is 0 Å². The number of methoxy groups -OCH3 is 1. The third kappa shape index (κ3) is 3.47. The van der Waals surface area contributed by atoms with Crippen molar-refractivity contribution in [3.63, 3.8) is 0 Å². The topological polar surface area (TPSA) is 21.3 Å². The van der Waals surface area contributed by atoms with E-state index < -0.39 is 0 Å². The van der Waals surface area contributed by atoms with Gasteiger partial charge in [0.25, 0.3) is 0 Å². The van der Waals surface area contributed by atoms with Crippen molar-refractivity contribution in [1.29, 1.82) is 0 Å². The lowest BCUT2D eigenvalue weighted by molar-refractivity contribution is 0.0669. The number of rotatable bonds is 3. The smallest absolute Gasteiger partial charge is 0.0590 e. The fourth-order valence-corrected chi connectivity index (χ4v) is 2.78. The monoisotopic (exact) mass is 233 g/mol. The predicted octanol–water partition coefficient (Wildman–Crippen LogP) is 3.67. The first-order valence-electron chi connectivity index (χ1n) is 6.55. The van der Waals surface area contributed by atoms with Gasteiger partial charge in [0.2, 0.25) is 0 Å². The van der Waals surface area contributed by atoms with Crippen LogP contribution in [0.5, 0.6) is 0 Å². The van der Waals surface area contributed by atoms with E-state index in [0.29, 0.717) is 12.1 Å². The van der Waals surface area contributed by atoms with E-state index in [9.17, 15) is 0 Å². The number of benzene rings is 1. The Morgan fingerprint density at radius 1 is 1.12 bits per heavy atom. The highest BCUT2D eigenvalue weighted by molar-refractivity contribution is 5.49. The molecule has 0 spiro atoms. The zero-order valence-corrected chi connectivity index (χ0v) is 11.1. The fraction of sp³-hybridized carbons (Fsp3) is 0.600. The second kappa shape index (κ2) is 5.54. The van der Waals surface area contributed by atoms with Crippen molar-refractivity contribution in [2.75, 3.05) is 12.4 Å². The van der Waals surface area contributed by atoms with Crippen LogP contribution in [0.3, 0.4) is 0 Å². The SMILES string of the molecule is COC1CCCC(Nc2cc(C)cc(C)c2)C1. The summed E-state index contributed by atoms with van der Waals surface area (Å²) in [6, 6.07) is 7.23. The Kier molecular flexibility index (Phi) is 4.06. The fourth-order valence-electron chi connectivity index (χ4n) is 2.78. The Bertz CT molecular complexity index is 355. The molecule has 0 bridgehead atoms. The number of nitrogens with one attached hydrogen (secondary N) is 1. The van der Waals surface area contributed by atoms with E-state index in [0.717, 1.165) is 6.42 Å². The number of ether oxygens (including phenoxy) is 1. The normalized spacial score (nSPS) is 24.6. The molecule has 1 aliphatic carbocycles. The number of hydrogen-bond acceptors (Lipinski definition) is 2. The summed E-state index contributed by atoms with van der Waals surface area (Å²) >= 11 is 0. The summed E-state index contributed by atoms with van der Waals surface area (Å²) in [5, 5.41) is 3.65. The molecule has 0 radical (unpaired) electrons. The van der Waals surface area contributed by atoms with E-state index in [1.807, 2.05) is 7.11 Å². The zero-order chi connectivity index (χ0) is 12.3. The molecule has 0 aromatic heterocycles. The molecule has 2 nitrogen and oxygen atoms in total. The molecule has 94 valence electrons. The highest BCUT2D eigenvalue weighted by Gasteiger charge is 2.21. The van der Waals surface area contributed by atoms with E-state index in [-0.39, 0.29) is 0 Å². The standard InChI is InChI=1S/C15H23NO/c1-11-7-12(2)9-14(8-11)16-13-5-4-6-15(10-13)17-3/h7-9,13,15-16H,4-6,10H2,1-3H3. The molecule has 0 saturated heterocycles. The van der Waals surface area contributed by atoms with Crippen LogP contribution in [-0.4, -0.2) is 19.3 Å². The van der Waals surface area contributed by atoms with E-state index in [1.54, 1.807) is 0 Å². The van der Waals surface area contributed by atoms with Gasteiger partial charge in [-0.25, -0.2) is 0 Å². The first kappa shape index (κ1) is 12.4. The molecular weight excluding hydrogens is 210 g/mol. The summed E-state index contributed by atoms with van der Waals surface area (Å²) in [6.07, 6.45) is 5.30. The molecule has 2 unspecified atom stereocenters. The van der Waals surface area contributed by atoms with Crippen molar-refractivity contribution in [3.8, 4) is 0 Å². The van der Waals surface area contributed by atoms with Crippen LogP contribution in [0.2, 0.25) is 0 Å². The predicted molar refractivity (Wildman–Crippen MR) is 72.6 cm³/mol. The van der Waals surface area contributed by atoms with Crippen molar-refractivity contribution >= 4 is 5.69 Å². The van der Waals surface area contributed by atoms with Crippen molar-refractivity contribution in [2.24, 2.45) is 0 Å². The summed E-state index contributed by atoms with van der Waals surface area (Å²) in [6.45, 7) is 4.30. The van der Waals surface area contributed by atoms with Gasteiger partial charge in [-0.2, -0.15) is 0 Å². The van der Waals surface area contributed by atoms with E-state index in [1.165, 1.54) is 36.1 Å². The summed E-state index contributed by atoms with van der Waals surface area (Å²) < 4.78 is 5.47. The highest BCUT2D eigenvalue weighted by Crippen LogP contribution is 2.24. The van der Waals surface area contributed by atoms with Crippen molar-refractivity contribution in [3.05, 3.63) is 29.3 Å². The first-order valence-corrected chi connectivity index (χ1v) is 6.55. The Morgan fingerprint density at radius 3 is 2.47 bits per heavy atom. The molecule has 0 amide bonds. The lowest BCUT2D eigenvalue weighted by Crippen LogP contribution is -2.31. The molecule has 1 saturated carbocycles. The zero-order valence-electron chi connectivity index (χ0n) is 11.1. The van der Waals surface area contributed by atoms with Crippen LogP contribution in [0.1, 0.15) is 36.8 Å². The van der Waals surface area contributed by atoms with Crippen LogP contribution in [0.4, 0.5) is 5.69 Å². The summed E-state index contributed by atoms with van der Waals surface area (Å²) in [5.41, 5.74) is 3.91. The number of aryl methyl sites for hydroxylation is 2. The maximum absolute atomic E-state index is 5.47. The van der Waals surface area contributed by atoms with Gasteiger partial charge in [0.1, 0.15) is 0 Å². The molecule has 1 N–H and O–H groups in total. The molecule has 1 fully saturated rings. The summed E-state index contributed by atoms with van der Waals surface area (Å²) in [5.74, 6) is 0. The van der Waals surface area contributed by atoms with Crippen LogP contribution < -0.4 is 5.32 Å². The van der Waals surface area contributed by atoms with Crippen LogP contribution in [0.15, 0.2) is 18.2 Å². The Balaban J connectivity index is 2.00. The maximum Gasteiger partial charge on any atom is 0.0590 e. The second-order valence-electron chi connectivity index (χ2n) is 5.24. The van der Waals surface area contributed by atoms with Crippen LogP contribution in [-0.2, 0) is 4.74 Å². The van der Waals surface area contributed by atoms with Crippen molar-refractivity contribution < 1.29 is 4.74 Å². The molecule has 1 aliphatic rings. The average Bonchev–Trinajstić information content (AvgIpc) is 2.28. The van der Waals surface area contributed by atoms with E-state index in [4.69, 9.17) is 4.74 Å². The van der Waals surface area contributed by atoms with Crippen molar-refractivity contribution in [1.82, 2.24) is 0 Å². The lowest BCUT2D eigenvalue weighted by atomic mass is 9.92. The van der Waals surface area contributed by atoms with Crippen LogP contribution in [0, 0.1) is 13.8 Å². The second-order valence-corrected chi connectivity index (χ2v) is 5.24. The van der Waals surface area contributed by atoms with Gasteiger partial charge in [-0.3, -0.25) is 0 Å². The molecule has 0 heterocycles. The van der Waals surface area contributed by atoms with E-state index >= 15 is 0 Å². The first-order chi connectivity index (χ1) is 8.17. The molecule has 1 aromatic rings. The number of anilines is 1. The molecule has 0 aliphatic heterocycles. The Morgan fingerprint density at radius 2 is 1.82 bits per heavy atom. The van der Waals surface area contributed by atoms with Gasteiger partial charge in [-0.1, -0.05) is 6.07 Å². The molecular formula is C15H23NO. The van der Waals surface area contributed by atoms with Crippen molar-refractivity contribution in [2.45, 2.75) is 51.7 Å². The van der Waals surface area contributed by atoms with Gasteiger partial charge in [0.05, 0.1) is 6.10 Å². The summed E-state index contributed by atoms with van der Waals surface area (Å²) in [7, 11) is 1.82. The Labute approximate surface area is 104 Å². The van der Waals surface area contributed by atoms with Gasteiger partial charge in [0, 0.05) is 18.8 Å². The van der Waals surface area contributed by atoms with Crippen LogP contribution >= 0.6 is 0 Å². The quantitative estimate of drug-likeness (QED) is 0.860. The summed E-state index contributed by atoms with van der Waals surface area (Å²) in [4.78, 5) is 0. The Hall–Kier alpha value is -1.02. The minimum atomic E-state index is 0.437. The molecule has 17 heavy (non-hydrogen) atoms. The molecule has 2 rings (SSSR count). The molecule has 1 aromatic carbocycles. The molecule has 2 heteroatoms. The highest BCUT2D eigenvalue weighted by atomic mass is 16.5. The average molecular weight is 233 g/mol. The minimum Gasteiger partial charge on any atom is -0.382 e. The van der Waals surface area contributed by atoms with Gasteiger partial charge in [-0.05, 0) is 62.8 Å². The number of hydrogen-bond donors (Lipinski definition) is 1.